The molecule has 4 rings (SSSR count). The van der Waals surface area contributed by atoms with E-state index in [1.165, 1.54) is 36.5 Å². The number of nitro groups is 1. The third-order valence-electron chi connectivity index (χ3n) is 7.12. The topological polar surface area (TPSA) is 146 Å². The second kappa shape index (κ2) is 12.0. The Morgan fingerprint density at radius 3 is 2.56 bits per heavy atom. The standard InChI is InChI=1S/C27H30N4O8/c1-17-22(26(33)37-3)24(19-6-4-7-20(16-19)31(35)36)23(18(2)28-17)27(34)39-15-13-29-9-11-30(12-10-29)25(32)21-8-5-14-38-21/h4-8,14,16,22,24H,9-13,15H2,1-3H3/p+1/t22?,24-/m1/s1. The van der Waals surface area contributed by atoms with E-state index in [0.717, 1.165) is 0 Å². The van der Waals surface area contributed by atoms with Gasteiger partial charge in [-0.25, -0.2) is 4.79 Å². The van der Waals surface area contributed by atoms with Gasteiger partial charge >= 0.3 is 11.9 Å². The molecule has 1 amide bonds. The highest BCUT2D eigenvalue weighted by Gasteiger charge is 2.42. The van der Waals surface area contributed by atoms with E-state index in [-0.39, 0.29) is 23.8 Å². The number of quaternary nitrogens is 1. The fourth-order valence-corrected chi connectivity index (χ4v) is 5.12. The summed E-state index contributed by atoms with van der Waals surface area (Å²) in [6, 6.07) is 9.17. The van der Waals surface area contributed by atoms with E-state index in [1.807, 2.05) is 0 Å². The van der Waals surface area contributed by atoms with Crippen LogP contribution in [0, 0.1) is 16.0 Å². The highest BCUT2D eigenvalue weighted by atomic mass is 16.6. The number of piperazine rings is 1. The Bertz CT molecular complexity index is 1310. The van der Waals surface area contributed by atoms with Crippen molar-refractivity contribution in [3.63, 3.8) is 0 Å². The number of nitrogens with zero attached hydrogens (tertiary/aromatic N) is 3. The van der Waals surface area contributed by atoms with Crippen LogP contribution in [0.15, 0.2) is 63.3 Å². The van der Waals surface area contributed by atoms with Crippen LogP contribution in [0.25, 0.3) is 0 Å². The molecular weight excluding hydrogens is 508 g/mol. The Morgan fingerprint density at radius 1 is 1.18 bits per heavy atom. The average Bonchev–Trinajstić information content (AvgIpc) is 3.47. The van der Waals surface area contributed by atoms with Gasteiger partial charge in [0.15, 0.2) is 5.76 Å². The Kier molecular flexibility index (Phi) is 8.55. The molecule has 2 aliphatic heterocycles. The first-order valence-electron chi connectivity index (χ1n) is 12.6. The molecule has 2 atom stereocenters. The van der Waals surface area contributed by atoms with Gasteiger partial charge in [0.2, 0.25) is 0 Å². The van der Waals surface area contributed by atoms with Gasteiger partial charge in [0.25, 0.3) is 11.6 Å². The maximum absolute atomic E-state index is 13.4. The van der Waals surface area contributed by atoms with Crippen LogP contribution in [0.1, 0.15) is 35.9 Å². The number of carbonyl (C=O) groups excluding carboxylic acids is 3. The Morgan fingerprint density at radius 2 is 1.92 bits per heavy atom. The van der Waals surface area contributed by atoms with Crippen LogP contribution in [0.2, 0.25) is 0 Å². The van der Waals surface area contributed by atoms with Crippen LogP contribution in [0.4, 0.5) is 5.69 Å². The molecule has 39 heavy (non-hydrogen) atoms. The normalized spacial score (nSPS) is 19.9. The molecule has 206 valence electrons. The predicted molar refractivity (Wildman–Crippen MR) is 138 cm³/mol. The molecule has 2 aliphatic rings. The number of hydrogen-bond acceptors (Lipinski definition) is 9. The number of nitrogens with one attached hydrogen (secondary N) is 1. The van der Waals surface area contributed by atoms with Crippen molar-refractivity contribution in [3.8, 4) is 0 Å². The Hall–Kier alpha value is -4.32. The van der Waals surface area contributed by atoms with Gasteiger partial charge in [-0.05, 0) is 31.5 Å². The number of esters is 2. The van der Waals surface area contributed by atoms with Crippen molar-refractivity contribution >= 4 is 29.2 Å². The lowest BCUT2D eigenvalue weighted by Gasteiger charge is -2.32. The Labute approximate surface area is 225 Å². The molecule has 1 saturated heterocycles. The van der Waals surface area contributed by atoms with Crippen LogP contribution >= 0.6 is 0 Å². The van der Waals surface area contributed by atoms with E-state index in [2.05, 4.69) is 4.99 Å². The first-order valence-corrected chi connectivity index (χ1v) is 12.6. The van der Waals surface area contributed by atoms with E-state index in [9.17, 15) is 24.5 Å². The van der Waals surface area contributed by atoms with Crippen LogP contribution in [-0.4, -0.2) is 79.8 Å². The molecule has 1 N–H and O–H groups in total. The summed E-state index contributed by atoms with van der Waals surface area (Å²) in [5.74, 6) is -2.87. The minimum Gasteiger partial charge on any atom is -0.468 e. The number of amides is 1. The third kappa shape index (κ3) is 6.06. The lowest BCUT2D eigenvalue weighted by molar-refractivity contribution is -0.904. The molecule has 1 fully saturated rings. The zero-order valence-corrected chi connectivity index (χ0v) is 22.0. The number of non-ortho nitro benzene ring substituents is 1. The molecule has 0 saturated carbocycles. The minimum atomic E-state index is -0.936. The number of allylic oxidation sites excluding steroid dienone is 1. The van der Waals surface area contributed by atoms with Crippen LogP contribution in [0.3, 0.4) is 0 Å². The number of carbonyl (C=O) groups is 3. The molecule has 0 radical (unpaired) electrons. The number of furan rings is 1. The highest BCUT2D eigenvalue weighted by Crippen LogP contribution is 2.40. The smallest absolute Gasteiger partial charge is 0.336 e. The van der Waals surface area contributed by atoms with Gasteiger partial charge in [0.1, 0.15) is 19.1 Å². The SMILES string of the molecule is COC(=O)C1C(C)=NC(C)=C(C(=O)OCC[NH+]2CCN(C(=O)c3ccco3)CC2)[C@@H]1c1cccc([N+](=O)[O-])c1. The fraction of sp³-hybridized carbons (Fsp3) is 0.407. The van der Waals surface area contributed by atoms with E-state index in [4.69, 9.17) is 13.9 Å². The number of aliphatic imine (C=N–C) groups is 1. The van der Waals surface area contributed by atoms with Crippen molar-refractivity contribution in [2.24, 2.45) is 10.9 Å². The van der Waals surface area contributed by atoms with Gasteiger partial charge in [0.05, 0.1) is 50.0 Å². The summed E-state index contributed by atoms with van der Waals surface area (Å²) in [4.78, 5) is 56.9. The lowest BCUT2D eigenvalue weighted by atomic mass is 9.75. The summed E-state index contributed by atoms with van der Waals surface area (Å²) < 4.78 is 15.8. The number of benzene rings is 1. The van der Waals surface area contributed by atoms with E-state index in [0.29, 0.717) is 55.5 Å². The van der Waals surface area contributed by atoms with Crippen molar-refractivity contribution in [2.75, 3.05) is 46.4 Å². The number of hydrogen-bond donors (Lipinski definition) is 1. The molecule has 2 aromatic rings. The summed E-state index contributed by atoms with van der Waals surface area (Å²) in [6.45, 7) is 6.45. The number of ether oxygens (including phenoxy) is 2. The van der Waals surface area contributed by atoms with Crippen molar-refractivity contribution < 1.29 is 38.1 Å². The maximum Gasteiger partial charge on any atom is 0.336 e. The molecule has 0 aliphatic carbocycles. The first-order chi connectivity index (χ1) is 18.7. The van der Waals surface area contributed by atoms with Gasteiger partial charge in [0, 0.05) is 29.5 Å². The van der Waals surface area contributed by atoms with Crippen molar-refractivity contribution in [1.29, 1.82) is 0 Å². The Balaban J connectivity index is 1.45. The van der Waals surface area contributed by atoms with Crippen LogP contribution < -0.4 is 4.90 Å². The summed E-state index contributed by atoms with van der Waals surface area (Å²) in [6.07, 6.45) is 1.47. The van der Waals surface area contributed by atoms with Gasteiger partial charge < -0.3 is 23.7 Å². The number of nitro benzene ring substituents is 1. The van der Waals surface area contributed by atoms with Crippen molar-refractivity contribution in [3.05, 3.63) is 75.4 Å². The second-order valence-corrected chi connectivity index (χ2v) is 9.49. The van der Waals surface area contributed by atoms with Gasteiger partial charge in [-0.2, -0.15) is 0 Å². The van der Waals surface area contributed by atoms with Gasteiger partial charge in [-0.1, -0.05) is 12.1 Å². The van der Waals surface area contributed by atoms with Crippen molar-refractivity contribution in [2.45, 2.75) is 19.8 Å². The lowest BCUT2D eigenvalue weighted by Crippen LogP contribution is -3.15. The van der Waals surface area contributed by atoms with Crippen molar-refractivity contribution in [1.82, 2.24) is 4.90 Å². The third-order valence-corrected chi connectivity index (χ3v) is 7.12. The van der Waals surface area contributed by atoms with Gasteiger partial charge in [-0.15, -0.1) is 0 Å². The number of methoxy groups -OCH3 is 1. The van der Waals surface area contributed by atoms with Gasteiger partial charge in [-0.3, -0.25) is 24.7 Å². The zero-order valence-electron chi connectivity index (χ0n) is 22.0. The molecule has 12 nitrogen and oxygen atoms in total. The molecule has 12 heteroatoms. The van der Waals surface area contributed by atoms with E-state index >= 15 is 0 Å². The quantitative estimate of drug-likeness (QED) is 0.301. The van der Waals surface area contributed by atoms with E-state index < -0.39 is 28.7 Å². The highest BCUT2D eigenvalue weighted by molar-refractivity contribution is 6.07. The van der Waals surface area contributed by atoms with E-state index in [1.54, 1.807) is 36.9 Å². The first kappa shape index (κ1) is 27.7. The molecular formula is C27H31N4O8+. The summed E-state index contributed by atoms with van der Waals surface area (Å²) >= 11 is 0. The molecule has 3 heterocycles. The van der Waals surface area contributed by atoms with Crippen LogP contribution in [0.5, 0.6) is 0 Å². The van der Waals surface area contributed by atoms with Crippen LogP contribution in [-0.2, 0) is 19.1 Å². The molecule has 1 aromatic carbocycles. The summed E-state index contributed by atoms with van der Waals surface area (Å²) in [5.41, 5.74) is 1.25. The maximum atomic E-state index is 13.4. The molecule has 1 aromatic heterocycles. The zero-order chi connectivity index (χ0) is 28.1. The summed E-state index contributed by atoms with van der Waals surface area (Å²) in [5, 5.41) is 11.4. The molecule has 0 spiro atoms. The average molecular weight is 540 g/mol. The minimum absolute atomic E-state index is 0.115. The molecule has 1 unspecified atom stereocenters. The summed E-state index contributed by atoms with van der Waals surface area (Å²) in [7, 11) is 1.24. The fourth-order valence-electron chi connectivity index (χ4n) is 5.12. The monoisotopic (exact) mass is 539 g/mol. The second-order valence-electron chi connectivity index (χ2n) is 9.49. The molecule has 0 bridgehead atoms. The predicted octanol–water partition coefficient (Wildman–Crippen LogP) is 1.39. The largest absolute Gasteiger partial charge is 0.468 e. The number of rotatable bonds is 8.